The molecular formula is C26H31N3O5S. The van der Waals surface area contributed by atoms with Crippen LogP contribution in [0.2, 0.25) is 0 Å². The third kappa shape index (κ3) is 7.32. The molecule has 1 unspecified atom stereocenters. The molecule has 1 aliphatic rings. The van der Waals surface area contributed by atoms with Gasteiger partial charge in [-0.3, -0.25) is 14.4 Å². The van der Waals surface area contributed by atoms with E-state index < -0.39 is 23.9 Å². The number of amides is 3. The molecular weight excluding hydrogens is 466 g/mol. The van der Waals surface area contributed by atoms with E-state index in [2.05, 4.69) is 5.32 Å². The Balaban J connectivity index is 1.56. The summed E-state index contributed by atoms with van der Waals surface area (Å²) in [4.78, 5) is 51.6. The van der Waals surface area contributed by atoms with Crippen LogP contribution in [0.1, 0.15) is 59.7 Å². The summed E-state index contributed by atoms with van der Waals surface area (Å²) >= 11 is 1.29. The van der Waals surface area contributed by atoms with Crippen LogP contribution in [0.15, 0.2) is 53.4 Å². The predicted octanol–water partition coefficient (Wildman–Crippen LogP) is 3.85. The van der Waals surface area contributed by atoms with E-state index in [0.29, 0.717) is 21.7 Å². The first kappa shape index (κ1) is 26.3. The van der Waals surface area contributed by atoms with E-state index in [9.17, 15) is 19.2 Å². The van der Waals surface area contributed by atoms with Crippen molar-refractivity contribution in [2.75, 3.05) is 18.1 Å². The van der Waals surface area contributed by atoms with E-state index in [0.717, 1.165) is 25.7 Å². The summed E-state index contributed by atoms with van der Waals surface area (Å²) in [5.74, 6) is -1.48. The zero-order valence-electron chi connectivity index (χ0n) is 20.0. The number of hydrogen-bond acceptors (Lipinski definition) is 6. The van der Waals surface area contributed by atoms with Crippen molar-refractivity contribution in [3.8, 4) is 0 Å². The molecule has 1 atom stereocenters. The minimum absolute atomic E-state index is 0.0279. The van der Waals surface area contributed by atoms with Crippen molar-refractivity contribution in [3.63, 3.8) is 0 Å². The van der Waals surface area contributed by atoms with Gasteiger partial charge in [-0.2, -0.15) is 0 Å². The highest BCUT2D eigenvalue weighted by Crippen LogP contribution is 2.26. The van der Waals surface area contributed by atoms with E-state index in [1.807, 2.05) is 11.9 Å². The molecule has 186 valence electrons. The van der Waals surface area contributed by atoms with Gasteiger partial charge in [-0.15, -0.1) is 11.8 Å². The molecule has 0 radical (unpaired) electrons. The molecule has 0 spiro atoms. The first-order valence-corrected chi connectivity index (χ1v) is 12.6. The topological polar surface area (TPSA) is 119 Å². The number of carbonyl (C=O) groups is 4. The molecule has 1 aliphatic carbocycles. The summed E-state index contributed by atoms with van der Waals surface area (Å²) in [7, 11) is 1.85. The predicted molar refractivity (Wildman–Crippen MR) is 135 cm³/mol. The number of rotatable bonds is 9. The Morgan fingerprint density at radius 3 is 2.37 bits per heavy atom. The number of benzene rings is 2. The van der Waals surface area contributed by atoms with E-state index in [1.54, 1.807) is 36.4 Å². The summed E-state index contributed by atoms with van der Waals surface area (Å²) in [6.07, 6.45) is 4.52. The fourth-order valence-electron chi connectivity index (χ4n) is 3.91. The number of anilines is 1. The molecule has 8 nitrogen and oxygen atoms in total. The SMILES string of the molecule is CC(OC(=O)c1ccccc1SCC(=O)N(C)C1CCCCC1)C(=O)Nc1ccc(C(N)=O)cc1. The fraction of sp³-hybridized carbons (Fsp3) is 0.385. The average molecular weight is 498 g/mol. The lowest BCUT2D eigenvalue weighted by Gasteiger charge is -2.31. The summed E-state index contributed by atoms with van der Waals surface area (Å²) in [5, 5.41) is 2.64. The summed E-state index contributed by atoms with van der Waals surface area (Å²) in [6.45, 7) is 1.48. The molecule has 2 aromatic rings. The molecule has 3 N–H and O–H groups in total. The molecule has 0 aliphatic heterocycles. The monoisotopic (exact) mass is 497 g/mol. The van der Waals surface area contributed by atoms with Crippen LogP contribution >= 0.6 is 11.8 Å². The maximum Gasteiger partial charge on any atom is 0.340 e. The van der Waals surface area contributed by atoms with Gasteiger partial charge in [0.15, 0.2) is 6.10 Å². The second kappa shape index (κ2) is 12.4. The number of nitrogens with zero attached hydrogens (tertiary/aromatic N) is 1. The average Bonchev–Trinajstić information content (AvgIpc) is 2.87. The largest absolute Gasteiger partial charge is 0.449 e. The van der Waals surface area contributed by atoms with Crippen LogP contribution in [0.5, 0.6) is 0 Å². The van der Waals surface area contributed by atoms with E-state index >= 15 is 0 Å². The van der Waals surface area contributed by atoms with Gasteiger partial charge in [-0.1, -0.05) is 31.4 Å². The van der Waals surface area contributed by atoms with Crippen molar-refractivity contribution in [1.29, 1.82) is 0 Å². The Bertz CT molecular complexity index is 1070. The molecule has 2 aromatic carbocycles. The fourth-order valence-corrected chi connectivity index (χ4v) is 4.88. The van der Waals surface area contributed by atoms with Gasteiger partial charge in [-0.25, -0.2) is 4.79 Å². The Morgan fingerprint density at radius 2 is 1.71 bits per heavy atom. The van der Waals surface area contributed by atoms with Gasteiger partial charge in [0.2, 0.25) is 11.8 Å². The van der Waals surface area contributed by atoms with Crippen LogP contribution in [-0.4, -0.2) is 53.5 Å². The molecule has 0 aromatic heterocycles. The Hall–Kier alpha value is -3.33. The molecule has 0 saturated heterocycles. The third-order valence-electron chi connectivity index (χ3n) is 6.06. The molecule has 35 heavy (non-hydrogen) atoms. The van der Waals surface area contributed by atoms with Gasteiger partial charge in [0.05, 0.1) is 11.3 Å². The molecule has 0 bridgehead atoms. The van der Waals surface area contributed by atoms with Crippen molar-refractivity contribution < 1.29 is 23.9 Å². The summed E-state index contributed by atoms with van der Waals surface area (Å²) in [5.41, 5.74) is 6.28. The van der Waals surface area contributed by atoms with Crippen molar-refractivity contribution in [2.45, 2.75) is 56.1 Å². The Labute approximate surface area is 209 Å². The van der Waals surface area contributed by atoms with Gasteiger partial charge < -0.3 is 20.7 Å². The van der Waals surface area contributed by atoms with Gasteiger partial charge >= 0.3 is 5.97 Å². The van der Waals surface area contributed by atoms with Crippen LogP contribution < -0.4 is 11.1 Å². The number of esters is 1. The van der Waals surface area contributed by atoms with Crippen LogP contribution in [0.3, 0.4) is 0 Å². The minimum atomic E-state index is -1.06. The molecule has 3 amide bonds. The lowest BCUT2D eigenvalue weighted by atomic mass is 9.94. The maximum absolute atomic E-state index is 12.8. The number of nitrogens with two attached hydrogens (primary N) is 1. The van der Waals surface area contributed by atoms with Crippen molar-refractivity contribution in [1.82, 2.24) is 4.90 Å². The lowest BCUT2D eigenvalue weighted by molar-refractivity contribution is -0.129. The van der Waals surface area contributed by atoms with Crippen molar-refractivity contribution in [2.24, 2.45) is 5.73 Å². The van der Waals surface area contributed by atoms with Gasteiger partial charge in [-0.05, 0) is 56.2 Å². The van der Waals surface area contributed by atoms with Crippen molar-refractivity contribution in [3.05, 3.63) is 59.7 Å². The Morgan fingerprint density at radius 1 is 1.06 bits per heavy atom. The first-order chi connectivity index (χ1) is 16.8. The zero-order chi connectivity index (χ0) is 25.4. The second-order valence-corrected chi connectivity index (χ2v) is 9.58. The number of primary amides is 1. The van der Waals surface area contributed by atoms with E-state index in [4.69, 9.17) is 10.5 Å². The smallest absolute Gasteiger partial charge is 0.340 e. The van der Waals surface area contributed by atoms with E-state index in [1.165, 1.54) is 37.2 Å². The maximum atomic E-state index is 12.8. The minimum Gasteiger partial charge on any atom is -0.449 e. The molecule has 0 heterocycles. The zero-order valence-corrected chi connectivity index (χ0v) is 20.8. The number of nitrogens with one attached hydrogen (secondary N) is 1. The van der Waals surface area contributed by atoms with Crippen molar-refractivity contribution >= 4 is 41.1 Å². The van der Waals surface area contributed by atoms with Gasteiger partial charge in [0.25, 0.3) is 5.91 Å². The molecule has 3 rings (SSSR count). The van der Waals surface area contributed by atoms with Crippen LogP contribution in [0, 0.1) is 0 Å². The third-order valence-corrected chi connectivity index (χ3v) is 7.12. The molecule has 1 fully saturated rings. The van der Waals surface area contributed by atoms with Gasteiger partial charge in [0, 0.05) is 29.2 Å². The van der Waals surface area contributed by atoms with Gasteiger partial charge in [0.1, 0.15) is 0 Å². The molecule has 9 heteroatoms. The van der Waals surface area contributed by atoms with Crippen LogP contribution in [0.4, 0.5) is 5.69 Å². The van der Waals surface area contributed by atoms with Crippen LogP contribution in [-0.2, 0) is 14.3 Å². The standard InChI is InChI=1S/C26H31N3O5S/c1-17(25(32)28-19-14-12-18(13-15-19)24(27)31)34-26(33)21-10-6-7-11-22(21)35-16-23(30)29(2)20-8-4-3-5-9-20/h6-7,10-15,17,20H,3-5,8-9,16H2,1-2H3,(H2,27,31)(H,28,32). The second-order valence-electron chi connectivity index (χ2n) is 8.56. The number of ether oxygens (including phenoxy) is 1. The molecule has 1 saturated carbocycles. The number of carbonyl (C=O) groups excluding carboxylic acids is 4. The summed E-state index contributed by atoms with van der Waals surface area (Å²) < 4.78 is 5.39. The number of thioether (sulfide) groups is 1. The Kier molecular flexibility index (Phi) is 9.31. The quantitative estimate of drug-likeness (QED) is 0.401. The normalized spacial score (nSPS) is 14.6. The first-order valence-electron chi connectivity index (χ1n) is 11.7. The highest BCUT2D eigenvalue weighted by atomic mass is 32.2. The number of hydrogen-bond donors (Lipinski definition) is 2. The lowest BCUT2D eigenvalue weighted by Crippen LogP contribution is -2.39. The highest BCUT2D eigenvalue weighted by Gasteiger charge is 2.24. The highest BCUT2D eigenvalue weighted by molar-refractivity contribution is 8.00. The van der Waals surface area contributed by atoms with E-state index in [-0.39, 0.29) is 17.7 Å². The summed E-state index contributed by atoms with van der Waals surface area (Å²) in [6, 6.07) is 13.2. The van der Waals surface area contributed by atoms with Crippen LogP contribution in [0.25, 0.3) is 0 Å².